The summed E-state index contributed by atoms with van der Waals surface area (Å²) in [5.41, 5.74) is 2.47. The molecule has 0 fully saturated rings. The lowest BCUT2D eigenvalue weighted by Gasteiger charge is -2.08. The van der Waals surface area contributed by atoms with Gasteiger partial charge in [0.25, 0.3) is 0 Å². The number of hydrogen-bond donors (Lipinski definition) is 1. The first kappa shape index (κ1) is 14.1. The normalized spacial score (nSPS) is 11.5. The quantitative estimate of drug-likeness (QED) is 0.581. The Morgan fingerprint density at radius 3 is 2.73 bits per heavy atom. The van der Waals surface area contributed by atoms with Crippen molar-refractivity contribution in [1.82, 2.24) is 4.98 Å². The minimum Gasteiger partial charge on any atom is -0.465 e. The molecule has 1 heterocycles. The number of benzene rings is 2. The van der Waals surface area contributed by atoms with Crippen LogP contribution < -0.4 is 4.74 Å². The van der Waals surface area contributed by atoms with Gasteiger partial charge in [0, 0.05) is 10.9 Å². The highest BCUT2D eigenvalue weighted by Gasteiger charge is 1.99. The molecule has 3 aromatic rings. The van der Waals surface area contributed by atoms with Gasteiger partial charge in [-0.25, -0.2) is 4.98 Å². The molecule has 3 heteroatoms. The van der Waals surface area contributed by atoms with Gasteiger partial charge in [0.05, 0.1) is 5.52 Å². The van der Waals surface area contributed by atoms with E-state index >= 15 is 0 Å². The molecule has 108 valence electrons. The molecule has 1 aromatic heterocycles. The molecule has 0 aliphatic rings. The highest BCUT2D eigenvalue weighted by Crippen LogP contribution is 2.14. The van der Waals surface area contributed by atoms with Crippen molar-refractivity contribution in [2.45, 2.75) is 13.2 Å². The molecular formula is C19H15NO2. The predicted molar refractivity (Wildman–Crippen MR) is 86.5 cm³/mol. The number of nitrogens with zero attached hydrogens (tertiary/aromatic N) is 1. The predicted octanol–water partition coefficient (Wildman–Crippen LogP) is 3.35. The van der Waals surface area contributed by atoms with E-state index in [0.717, 1.165) is 22.2 Å². The first-order chi connectivity index (χ1) is 10.7. The fourth-order valence-electron chi connectivity index (χ4n) is 2.12. The van der Waals surface area contributed by atoms with E-state index < -0.39 is 6.29 Å². The van der Waals surface area contributed by atoms with Crippen molar-refractivity contribution in [3.05, 3.63) is 71.9 Å². The summed E-state index contributed by atoms with van der Waals surface area (Å²) in [5, 5.41) is 10.3. The minimum atomic E-state index is -0.842. The van der Waals surface area contributed by atoms with Gasteiger partial charge >= 0.3 is 0 Å². The molecule has 22 heavy (non-hydrogen) atoms. The summed E-state index contributed by atoms with van der Waals surface area (Å²) in [7, 11) is 0. The summed E-state index contributed by atoms with van der Waals surface area (Å²) >= 11 is 0. The second kappa shape index (κ2) is 6.30. The van der Waals surface area contributed by atoms with Gasteiger partial charge in [-0.05, 0) is 43.2 Å². The molecule has 0 aliphatic heterocycles. The van der Waals surface area contributed by atoms with Crippen LogP contribution in [0.5, 0.6) is 5.75 Å². The van der Waals surface area contributed by atoms with Crippen LogP contribution in [0.1, 0.15) is 18.2 Å². The number of hydrogen-bond acceptors (Lipinski definition) is 3. The largest absolute Gasteiger partial charge is 0.465 e. The van der Waals surface area contributed by atoms with E-state index in [0.29, 0.717) is 5.75 Å². The molecule has 0 spiro atoms. The summed E-state index contributed by atoms with van der Waals surface area (Å²) in [6.07, 6.45) is -0.842. The first-order valence-corrected chi connectivity index (χ1v) is 7.03. The minimum absolute atomic E-state index is 0.591. The van der Waals surface area contributed by atoms with Gasteiger partial charge < -0.3 is 9.84 Å². The van der Waals surface area contributed by atoms with E-state index in [-0.39, 0.29) is 0 Å². The highest BCUT2D eigenvalue weighted by atomic mass is 16.6. The topological polar surface area (TPSA) is 42.4 Å². The Balaban J connectivity index is 1.87. The molecule has 0 amide bonds. The average molecular weight is 289 g/mol. The number of aromatic nitrogens is 1. The monoisotopic (exact) mass is 289 g/mol. The zero-order valence-corrected chi connectivity index (χ0v) is 12.2. The van der Waals surface area contributed by atoms with Gasteiger partial charge in [-0.2, -0.15) is 0 Å². The van der Waals surface area contributed by atoms with Crippen LogP contribution in [0.4, 0.5) is 0 Å². The maximum atomic E-state index is 9.24. The summed E-state index contributed by atoms with van der Waals surface area (Å²) < 4.78 is 5.24. The van der Waals surface area contributed by atoms with E-state index in [1.165, 1.54) is 0 Å². The summed E-state index contributed by atoms with van der Waals surface area (Å²) in [5.74, 6) is 6.71. The number of rotatable bonds is 2. The van der Waals surface area contributed by atoms with Crippen molar-refractivity contribution in [3.63, 3.8) is 0 Å². The molecule has 0 radical (unpaired) electrons. The van der Waals surface area contributed by atoms with Crippen LogP contribution in [0.2, 0.25) is 0 Å². The van der Waals surface area contributed by atoms with Crippen molar-refractivity contribution >= 4 is 10.9 Å². The molecule has 0 bridgehead atoms. The molecule has 2 aromatic carbocycles. The second-order valence-electron chi connectivity index (χ2n) is 4.88. The van der Waals surface area contributed by atoms with Gasteiger partial charge in [0.2, 0.25) is 0 Å². The fourth-order valence-corrected chi connectivity index (χ4v) is 2.12. The molecule has 0 aliphatic carbocycles. The van der Waals surface area contributed by atoms with E-state index in [1.54, 1.807) is 19.1 Å². The summed E-state index contributed by atoms with van der Waals surface area (Å²) in [6, 6.07) is 19.2. The first-order valence-electron chi connectivity index (χ1n) is 7.03. The van der Waals surface area contributed by atoms with E-state index in [2.05, 4.69) is 16.8 Å². The molecular weight excluding hydrogens is 274 g/mol. The third kappa shape index (κ3) is 3.43. The lowest BCUT2D eigenvalue weighted by atomic mass is 10.2. The summed E-state index contributed by atoms with van der Waals surface area (Å²) in [4.78, 5) is 4.52. The van der Waals surface area contributed by atoms with Crippen LogP contribution in [0.3, 0.4) is 0 Å². The van der Waals surface area contributed by atoms with Crippen LogP contribution in [0.25, 0.3) is 10.9 Å². The van der Waals surface area contributed by atoms with Gasteiger partial charge in [-0.15, -0.1) is 0 Å². The smallest absolute Gasteiger partial charge is 0.194 e. The number of pyridine rings is 1. The van der Waals surface area contributed by atoms with Crippen LogP contribution in [0, 0.1) is 11.8 Å². The molecule has 1 N–H and O–H groups in total. The number of para-hydroxylation sites is 1. The molecule has 3 rings (SSSR count). The van der Waals surface area contributed by atoms with Gasteiger partial charge in [-0.1, -0.05) is 36.3 Å². The van der Waals surface area contributed by atoms with Crippen LogP contribution in [0.15, 0.2) is 60.7 Å². The van der Waals surface area contributed by atoms with Crippen molar-refractivity contribution in [2.75, 3.05) is 0 Å². The molecule has 0 saturated heterocycles. The SMILES string of the molecule is CC(O)Oc1cccc(C#Cc2ccc3ccccc3n2)c1. The second-order valence-corrected chi connectivity index (χ2v) is 4.88. The Hall–Kier alpha value is -2.83. The third-order valence-corrected chi connectivity index (χ3v) is 3.07. The molecule has 1 atom stereocenters. The van der Waals surface area contributed by atoms with Crippen molar-refractivity contribution in [3.8, 4) is 17.6 Å². The number of aliphatic hydroxyl groups excluding tert-OH is 1. The summed E-state index contributed by atoms with van der Waals surface area (Å²) in [6.45, 7) is 1.57. The fraction of sp³-hybridized carbons (Fsp3) is 0.105. The standard InChI is InChI=1S/C19H15NO2/c1-14(21)22-18-7-4-5-15(13-18)9-11-17-12-10-16-6-2-3-8-19(16)20-17/h2-8,10,12-14,21H,1H3. The van der Waals surface area contributed by atoms with E-state index in [4.69, 9.17) is 4.74 Å². The van der Waals surface area contributed by atoms with Crippen LogP contribution in [-0.2, 0) is 0 Å². The van der Waals surface area contributed by atoms with Crippen LogP contribution >= 0.6 is 0 Å². The van der Waals surface area contributed by atoms with Gasteiger partial charge in [-0.3, -0.25) is 0 Å². The van der Waals surface area contributed by atoms with Crippen molar-refractivity contribution in [2.24, 2.45) is 0 Å². The maximum Gasteiger partial charge on any atom is 0.194 e. The van der Waals surface area contributed by atoms with Crippen LogP contribution in [-0.4, -0.2) is 16.4 Å². The number of ether oxygens (including phenoxy) is 1. The Bertz CT molecular complexity index is 860. The Morgan fingerprint density at radius 1 is 1.00 bits per heavy atom. The Kier molecular flexibility index (Phi) is 4.04. The zero-order valence-electron chi connectivity index (χ0n) is 12.2. The van der Waals surface area contributed by atoms with Gasteiger partial charge in [0.15, 0.2) is 6.29 Å². The third-order valence-electron chi connectivity index (χ3n) is 3.07. The van der Waals surface area contributed by atoms with E-state index in [1.807, 2.05) is 48.5 Å². The number of aliphatic hydroxyl groups is 1. The zero-order chi connectivity index (χ0) is 15.4. The van der Waals surface area contributed by atoms with Gasteiger partial charge in [0.1, 0.15) is 11.4 Å². The Labute approximate surface area is 129 Å². The number of fused-ring (bicyclic) bond motifs is 1. The lowest BCUT2D eigenvalue weighted by molar-refractivity contribution is -0.000299. The molecule has 3 nitrogen and oxygen atoms in total. The average Bonchev–Trinajstić information content (AvgIpc) is 2.52. The maximum absolute atomic E-state index is 9.24. The Morgan fingerprint density at radius 2 is 1.86 bits per heavy atom. The molecule has 0 saturated carbocycles. The lowest BCUT2D eigenvalue weighted by Crippen LogP contribution is -2.09. The van der Waals surface area contributed by atoms with Crippen molar-refractivity contribution < 1.29 is 9.84 Å². The van der Waals surface area contributed by atoms with E-state index in [9.17, 15) is 5.11 Å². The van der Waals surface area contributed by atoms with Crippen molar-refractivity contribution in [1.29, 1.82) is 0 Å². The highest BCUT2D eigenvalue weighted by molar-refractivity contribution is 5.78. The molecule has 1 unspecified atom stereocenters.